The van der Waals surface area contributed by atoms with E-state index in [4.69, 9.17) is 4.74 Å². The molecular formula is C16H20FN3O4S. The summed E-state index contributed by atoms with van der Waals surface area (Å²) in [5, 5.41) is 4.03. The average molecular weight is 369 g/mol. The third-order valence-electron chi connectivity index (χ3n) is 3.63. The van der Waals surface area contributed by atoms with Gasteiger partial charge in [-0.2, -0.15) is 5.10 Å². The first-order valence-corrected chi connectivity index (χ1v) is 9.23. The molecule has 0 saturated carbocycles. The molecule has 2 rings (SSSR count). The summed E-state index contributed by atoms with van der Waals surface area (Å²) >= 11 is 0. The number of aryl methyl sites for hydroxylation is 2. The first kappa shape index (κ1) is 18.9. The molecular weight excluding hydrogens is 349 g/mol. The van der Waals surface area contributed by atoms with E-state index in [0.29, 0.717) is 16.4 Å². The first-order chi connectivity index (χ1) is 11.7. The number of aromatic nitrogens is 2. The van der Waals surface area contributed by atoms with Gasteiger partial charge in [-0.3, -0.25) is 9.48 Å². The molecule has 25 heavy (non-hydrogen) atoms. The number of methoxy groups -OCH3 is 1. The van der Waals surface area contributed by atoms with E-state index in [1.807, 2.05) is 0 Å². The molecule has 1 aromatic carbocycles. The highest BCUT2D eigenvalue weighted by atomic mass is 32.2. The Bertz CT molecular complexity index is 873. The molecule has 0 bridgehead atoms. The van der Waals surface area contributed by atoms with Crippen molar-refractivity contribution in [3.63, 3.8) is 0 Å². The molecule has 0 fully saturated rings. The van der Waals surface area contributed by atoms with Crippen LogP contribution in [0.25, 0.3) is 0 Å². The summed E-state index contributed by atoms with van der Waals surface area (Å²) in [7, 11) is -1.05. The van der Waals surface area contributed by atoms with Crippen LogP contribution < -0.4 is 9.04 Å². The monoisotopic (exact) mass is 369 g/mol. The van der Waals surface area contributed by atoms with Crippen molar-refractivity contribution in [3.05, 3.63) is 41.5 Å². The highest BCUT2D eigenvalue weighted by molar-refractivity contribution is 7.93. The van der Waals surface area contributed by atoms with Gasteiger partial charge in [0.15, 0.2) is 17.3 Å². The van der Waals surface area contributed by atoms with Crippen LogP contribution in [0.1, 0.15) is 29.5 Å². The summed E-state index contributed by atoms with van der Waals surface area (Å²) in [6.45, 7) is 3.42. The number of benzene rings is 1. The largest absolute Gasteiger partial charge is 0.494 e. The third kappa shape index (κ3) is 3.81. The molecule has 1 amide bonds. The number of nitrogens with zero attached hydrogens (tertiary/aromatic N) is 3. The van der Waals surface area contributed by atoms with E-state index in [1.165, 1.54) is 30.0 Å². The summed E-state index contributed by atoms with van der Waals surface area (Å²) in [6, 6.07) is 5.04. The zero-order valence-electron chi connectivity index (χ0n) is 14.5. The number of hydrogen-bond acceptors (Lipinski definition) is 5. The van der Waals surface area contributed by atoms with E-state index in [9.17, 15) is 17.6 Å². The molecule has 0 unspecified atom stereocenters. The van der Waals surface area contributed by atoms with Crippen LogP contribution in [-0.4, -0.2) is 37.0 Å². The number of hydrogen-bond donors (Lipinski definition) is 0. The van der Waals surface area contributed by atoms with E-state index in [-0.39, 0.29) is 22.9 Å². The van der Waals surface area contributed by atoms with Crippen LogP contribution in [0.3, 0.4) is 0 Å². The summed E-state index contributed by atoms with van der Waals surface area (Å²) in [4.78, 5) is 12.8. The number of rotatable bonds is 6. The molecule has 136 valence electrons. The second-order valence-electron chi connectivity index (χ2n) is 5.50. The predicted octanol–water partition coefficient (Wildman–Crippen LogP) is 2.26. The number of amides is 1. The molecule has 2 aromatic rings. The standard InChI is InChI=1S/C16H20FN3O4S/c1-5-8-25(22,23)20(12-6-7-15(24-4)13(17)10-12)16(21)14-9-11(2)19(3)18-14/h6-7,9-10H,5,8H2,1-4H3. The second kappa shape index (κ2) is 7.22. The van der Waals surface area contributed by atoms with Gasteiger partial charge in [-0.05, 0) is 31.5 Å². The molecule has 0 atom stereocenters. The highest BCUT2D eigenvalue weighted by Gasteiger charge is 2.31. The van der Waals surface area contributed by atoms with Crippen molar-refractivity contribution in [3.8, 4) is 5.75 Å². The van der Waals surface area contributed by atoms with Crippen LogP contribution in [0.4, 0.5) is 10.1 Å². The normalized spacial score (nSPS) is 11.4. The minimum absolute atomic E-state index is 0.0316. The number of carbonyl (C=O) groups is 1. The fourth-order valence-electron chi connectivity index (χ4n) is 2.30. The maximum absolute atomic E-state index is 14.0. The van der Waals surface area contributed by atoms with Crippen molar-refractivity contribution in [1.82, 2.24) is 9.78 Å². The topological polar surface area (TPSA) is 81.5 Å². The number of anilines is 1. The van der Waals surface area contributed by atoms with Gasteiger partial charge in [0.2, 0.25) is 10.0 Å². The number of carbonyl (C=O) groups excluding carboxylic acids is 1. The minimum Gasteiger partial charge on any atom is -0.494 e. The van der Waals surface area contributed by atoms with Crippen molar-refractivity contribution in [2.45, 2.75) is 20.3 Å². The Morgan fingerprint density at radius 1 is 1.36 bits per heavy atom. The molecule has 9 heteroatoms. The predicted molar refractivity (Wildman–Crippen MR) is 91.8 cm³/mol. The SMILES string of the molecule is CCCS(=O)(=O)N(C(=O)c1cc(C)n(C)n1)c1ccc(OC)c(F)c1. The van der Waals surface area contributed by atoms with E-state index < -0.39 is 21.7 Å². The van der Waals surface area contributed by atoms with Crippen molar-refractivity contribution in [2.24, 2.45) is 7.05 Å². The molecule has 0 aliphatic carbocycles. The molecule has 0 N–H and O–H groups in total. The van der Waals surface area contributed by atoms with E-state index in [1.54, 1.807) is 20.9 Å². The highest BCUT2D eigenvalue weighted by Crippen LogP contribution is 2.27. The van der Waals surface area contributed by atoms with Gasteiger partial charge in [0.25, 0.3) is 5.91 Å². The van der Waals surface area contributed by atoms with Crippen LogP contribution in [0.5, 0.6) is 5.75 Å². The zero-order valence-corrected chi connectivity index (χ0v) is 15.3. The lowest BCUT2D eigenvalue weighted by Gasteiger charge is -2.22. The van der Waals surface area contributed by atoms with Gasteiger partial charge in [-0.15, -0.1) is 0 Å². The molecule has 7 nitrogen and oxygen atoms in total. The number of halogens is 1. The maximum Gasteiger partial charge on any atom is 0.292 e. The van der Waals surface area contributed by atoms with Crippen molar-refractivity contribution in [1.29, 1.82) is 0 Å². The molecule has 1 heterocycles. The van der Waals surface area contributed by atoms with Gasteiger partial charge < -0.3 is 4.74 Å². The lowest BCUT2D eigenvalue weighted by Crippen LogP contribution is -2.39. The van der Waals surface area contributed by atoms with Gasteiger partial charge >= 0.3 is 0 Å². The fraction of sp³-hybridized carbons (Fsp3) is 0.375. The Hall–Kier alpha value is -2.42. The quantitative estimate of drug-likeness (QED) is 0.780. The second-order valence-corrected chi connectivity index (χ2v) is 7.44. The summed E-state index contributed by atoms with van der Waals surface area (Å²) in [6.07, 6.45) is 0.312. The third-order valence-corrected chi connectivity index (χ3v) is 5.48. The van der Waals surface area contributed by atoms with Crippen LogP contribution >= 0.6 is 0 Å². The van der Waals surface area contributed by atoms with Gasteiger partial charge in [-0.1, -0.05) is 6.92 Å². The fourth-order valence-corrected chi connectivity index (χ4v) is 3.78. The van der Waals surface area contributed by atoms with Gasteiger partial charge in [-0.25, -0.2) is 17.1 Å². The molecule has 0 radical (unpaired) electrons. The van der Waals surface area contributed by atoms with E-state index in [2.05, 4.69) is 5.10 Å². The lowest BCUT2D eigenvalue weighted by molar-refractivity contribution is 0.1000. The molecule has 0 saturated heterocycles. The molecule has 0 aliphatic rings. The summed E-state index contributed by atoms with van der Waals surface area (Å²) < 4.78 is 46.2. The van der Waals surface area contributed by atoms with Gasteiger partial charge in [0.05, 0.1) is 18.6 Å². The van der Waals surface area contributed by atoms with Crippen molar-refractivity contribution >= 4 is 21.6 Å². The number of ether oxygens (including phenoxy) is 1. The van der Waals surface area contributed by atoms with E-state index in [0.717, 1.165) is 6.07 Å². The lowest BCUT2D eigenvalue weighted by atomic mass is 10.2. The van der Waals surface area contributed by atoms with E-state index >= 15 is 0 Å². The summed E-state index contributed by atoms with van der Waals surface area (Å²) in [5.41, 5.74) is 0.563. The Morgan fingerprint density at radius 3 is 2.52 bits per heavy atom. The van der Waals surface area contributed by atoms with Crippen LogP contribution in [0.2, 0.25) is 0 Å². The molecule has 0 aliphatic heterocycles. The van der Waals surface area contributed by atoms with Crippen LogP contribution in [0.15, 0.2) is 24.3 Å². The minimum atomic E-state index is -3.99. The Kier molecular flexibility index (Phi) is 5.46. The van der Waals surface area contributed by atoms with Crippen LogP contribution in [0, 0.1) is 12.7 Å². The molecule has 1 aromatic heterocycles. The summed E-state index contributed by atoms with van der Waals surface area (Å²) in [5.74, 6) is -1.89. The first-order valence-electron chi connectivity index (χ1n) is 7.62. The van der Waals surface area contributed by atoms with Gasteiger partial charge in [0, 0.05) is 18.8 Å². The van der Waals surface area contributed by atoms with Crippen molar-refractivity contribution < 1.29 is 22.3 Å². The Labute approximate surface area is 146 Å². The average Bonchev–Trinajstić information content (AvgIpc) is 2.87. The van der Waals surface area contributed by atoms with Crippen LogP contribution in [-0.2, 0) is 17.1 Å². The number of sulfonamides is 1. The van der Waals surface area contributed by atoms with Gasteiger partial charge in [0.1, 0.15) is 0 Å². The maximum atomic E-state index is 14.0. The Balaban J connectivity index is 2.57. The zero-order chi connectivity index (χ0) is 18.8. The smallest absolute Gasteiger partial charge is 0.292 e. The molecule has 0 spiro atoms. The van der Waals surface area contributed by atoms with Crippen molar-refractivity contribution in [2.75, 3.05) is 17.2 Å². The Morgan fingerprint density at radius 2 is 2.04 bits per heavy atom.